The molecule has 0 aliphatic rings. The fourth-order valence-corrected chi connectivity index (χ4v) is 1.74. The third-order valence-electron chi connectivity index (χ3n) is 1.83. The van der Waals surface area contributed by atoms with Crippen LogP contribution in [0.3, 0.4) is 0 Å². The van der Waals surface area contributed by atoms with Crippen molar-refractivity contribution < 1.29 is 4.74 Å². The third-order valence-corrected chi connectivity index (χ3v) is 2.45. The molecule has 1 aromatic heterocycles. The summed E-state index contributed by atoms with van der Waals surface area (Å²) < 4.78 is 6.34. The van der Waals surface area contributed by atoms with Crippen molar-refractivity contribution in [2.45, 2.75) is 6.92 Å². The normalized spacial score (nSPS) is 10.8. The Labute approximate surface area is 90.0 Å². The molecular formula is C9H10BrN3O. The minimum absolute atomic E-state index is 0.643. The summed E-state index contributed by atoms with van der Waals surface area (Å²) in [5.74, 6) is 0.806. The predicted octanol–water partition coefficient (Wildman–Crippen LogP) is 2.13. The number of fused-ring (bicyclic) bond motifs is 1. The number of nitrogens with zero attached hydrogens (tertiary/aromatic N) is 3. The standard InChI is InChI=1S/C9H10BrN3O/c1-3-14-9-5-8-7(4-6(9)10)11-13(2)12-8/h4-5H,3H2,1-2H3. The lowest BCUT2D eigenvalue weighted by atomic mass is 10.3. The van der Waals surface area contributed by atoms with E-state index in [2.05, 4.69) is 26.1 Å². The van der Waals surface area contributed by atoms with Gasteiger partial charge in [0.25, 0.3) is 0 Å². The molecule has 1 aromatic carbocycles. The molecule has 0 bridgehead atoms. The Hall–Kier alpha value is -1.10. The second kappa shape index (κ2) is 3.57. The Morgan fingerprint density at radius 2 is 2.00 bits per heavy atom. The van der Waals surface area contributed by atoms with Crippen molar-refractivity contribution in [2.24, 2.45) is 7.05 Å². The van der Waals surface area contributed by atoms with Crippen molar-refractivity contribution in [1.29, 1.82) is 0 Å². The van der Waals surface area contributed by atoms with Gasteiger partial charge in [0.2, 0.25) is 0 Å². The summed E-state index contributed by atoms with van der Waals surface area (Å²) in [5.41, 5.74) is 1.71. The van der Waals surface area contributed by atoms with E-state index in [0.29, 0.717) is 6.61 Å². The van der Waals surface area contributed by atoms with E-state index < -0.39 is 0 Å². The van der Waals surface area contributed by atoms with Gasteiger partial charge < -0.3 is 4.74 Å². The Bertz CT molecular complexity index is 466. The van der Waals surface area contributed by atoms with Crippen LogP contribution in [0.4, 0.5) is 0 Å². The van der Waals surface area contributed by atoms with Crippen molar-refractivity contribution in [3.63, 3.8) is 0 Å². The Morgan fingerprint density at radius 3 is 2.64 bits per heavy atom. The van der Waals surface area contributed by atoms with Crippen LogP contribution in [-0.4, -0.2) is 21.6 Å². The smallest absolute Gasteiger partial charge is 0.135 e. The van der Waals surface area contributed by atoms with Gasteiger partial charge in [-0.15, -0.1) is 0 Å². The maximum atomic E-state index is 5.43. The fourth-order valence-electron chi connectivity index (χ4n) is 1.29. The summed E-state index contributed by atoms with van der Waals surface area (Å²) in [5, 5.41) is 8.40. The Balaban J connectivity index is 2.58. The molecule has 0 N–H and O–H groups in total. The molecule has 0 spiro atoms. The number of ether oxygens (including phenoxy) is 1. The predicted molar refractivity (Wildman–Crippen MR) is 57.4 cm³/mol. The molecule has 0 saturated carbocycles. The average molecular weight is 256 g/mol. The number of hydrogen-bond acceptors (Lipinski definition) is 3. The van der Waals surface area contributed by atoms with Crippen LogP contribution >= 0.6 is 15.9 Å². The highest BCUT2D eigenvalue weighted by molar-refractivity contribution is 9.10. The molecule has 0 radical (unpaired) electrons. The minimum Gasteiger partial charge on any atom is -0.493 e. The van der Waals surface area contributed by atoms with Crippen LogP contribution in [0.5, 0.6) is 5.75 Å². The van der Waals surface area contributed by atoms with Gasteiger partial charge in [-0.1, -0.05) is 0 Å². The highest BCUT2D eigenvalue weighted by Gasteiger charge is 2.06. The molecule has 0 atom stereocenters. The topological polar surface area (TPSA) is 39.9 Å². The van der Waals surface area contributed by atoms with Crippen LogP contribution in [0, 0.1) is 0 Å². The molecule has 14 heavy (non-hydrogen) atoms. The second-order valence-corrected chi connectivity index (χ2v) is 3.75. The van der Waals surface area contributed by atoms with Gasteiger partial charge >= 0.3 is 0 Å². The van der Waals surface area contributed by atoms with Gasteiger partial charge in [0.05, 0.1) is 11.1 Å². The van der Waals surface area contributed by atoms with E-state index in [1.54, 1.807) is 11.8 Å². The summed E-state index contributed by atoms with van der Waals surface area (Å²) >= 11 is 3.43. The van der Waals surface area contributed by atoms with Crippen molar-refractivity contribution in [2.75, 3.05) is 6.61 Å². The van der Waals surface area contributed by atoms with E-state index in [1.165, 1.54) is 0 Å². The largest absolute Gasteiger partial charge is 0.493 e. The molecule has 0 saturated heterocycles. The highest BCUT2D eigenvalue weighted by Crippen LogP contribution is 2.28. The van der Waals surface area contributed by atoms with Crippen LogP contribution in [-0.2, 0) is 7.05 Å². The maximum Gasteiger partial charge on any atom is 0.135 e. The number of aromatic nitrogens is 3. The van der Waals surface area contributed by atoms with Gasteiger partial charge in [-0.25, -0.2) is 0 Å². The van der Waals surface area contributed by atoms with Gasteiger partial charge in [-0.05, 0) is 28.9 Å². The lowest BCUT2D eigenvalue weighted by molar-refractivity contribution is 0.338. The fraction of sp³-hybridized carbons (Fsp3) is 0.333. The quantitative estimate of drug-likeness (QED) is 0.826. The molecule has 0 amide bonds. The van der Waals surface area contributed by atoms with Gasteiger partial charge in [0.15, 0.2) is 0 Å². The van der Waals surface area contributed by atoms with Crippen molar-refractivity contribution in [3.05, 3.63) is 16.6 Å². The molecule has 1 heterocycles. The summed E-state index contributed by atoms with van der Waals surface area (Å²) in [4.78, 5) is 1.55. The summed E-state index contributed by atoms with van der Waals surface area (Å²) in [6, 6.07) is 3.79. The highest BCUT2D eigenvalue weighted by atomic mass is 79.9. The second-order valence-electron chi connectivity index (χ2n) is 2.89. The van der Waals surface area contributed by atoms with Crippen LogP contribution in [0.15, 0.2) is 16.6 Å². The molecule has 0 unspecified atom stereocenters. The van der Waals surface area contributed by atoms with Crippen LogP contribution in [0.2, 0.25) is 0 Å². The van der Waals surface area contributed by atoms with Gasteiger partial charge in [0.1, 0.15) is 16.8 Å². The molecular weight excluding hydrogens is 246 g/mol. The molecule has 0 aliphatic carbocycles. The molecule has 0 fully saturated rings. The van der Waals surface area contributed by atoms with E-state index in [4.69, 9.17) is 4.74 Å². The molecule has 4 nitrogen and oxygen atoms in total. The van der Waals surface area contributed by atoms with Crippen molar-refractivity contribution in [3.8, 4) is 5.75 Å². The van der Waals surface area contributed by atoms with Crippen LogP contribution in [0.1, 0.15) is 6.92 Å². The summed E-state index contributed by atoms with van der Waals surface area (Å²) in [6.45, 7) is 2.59. The van der Waals surface area contributed by atoms with Crippen LogP contribution in [0.25, 0.3) is 11.0 Å². The van der Waals surface area contributed by atoms with Gasteiger partial charge in [-0.3, -0.25) is 0 Å². The molecule has 2 rings (SSSR count). The summed E-state index contributed by atoms with van der Waals surface area (Å²) in [7, 11) is 1.80. The van der Waals surface area contributed by atoms with E-state index in [0.717, 1.165) is 21.3 Å². The first-order valence-electron chi connectivity index (χ1n) is 4.34. The SMILES string of the molecule is CCOc1cc2nn(C)nc2cc1Br. The minimum atomic E-state index is 0.643. The van der Waals surface area contributed by atoms with E-state index in [9.17, 15) is 0 Å². The monoisotopic (exact) mass is 255 g/mol. The number of halogens is 1. The third kappa shape index (κ3) is 1.59. The number of hydrogen-bond donors (Lipinski definition) is 0. The van der Waals surface area contributed by atoms with Crippen molar-refractivity contribution in [1.82, 2.24) is 15.0 Å². The number of benzene rings is 1. The zero-order valence-electron chi connectivity index (χ0n) is 7.99. The molecule has 2 aromatic rings. The van der Waals surface area contributed by atoms with Gasteiger partial charge in [0, 0.05) is 13.1 Å². The molecule has 5 heteroatoms. The van der Waals surface area contributed by atoms with E-state index in [1.807, 2.05) is 19.1 Å². The Morgan fingerprint density at radius 1 is 1.36 bits per heavy atom. The van der Waals surface area contributed by atoms with E-state index in [-0.39, 0.29) is 0 Å². The Kier molecular flexibility index (Phi) is 2.41. The van der Waals surface area contributed by atoms with E-state index >= 15 is 0 Å². The molecule has 74 valence electrons. The first-order chi connectivity index (χ1) is 6.70. The lowest BCUT2D eigenvalue weighted by Crippen LogP contribution is -1.92. The summed E-state index contributed by atoms with van der Waals surface area (Å²) in [6.07, 6.45) is 0. The zero-order valence-corrected chi connectivity index (χ0v) is 9.58. The number of aryl methyl sites for hydroxylation is 1. The van der Waals surface area contributed by atoms with Gasteiger partial charge in [-0.2, -0.15) is 15.0 Å². The first kappa shape index (κ1) is 9.45. The van der Waals surface area contributed by atoms with Crippen LogP contribution < -0.4 is 4.74 Å². The lowest BCUT2D eigenvalue weighted by Gasteiger charge is -2.03. The maximum absolute atomic E-state index is 5.43. The number of rotatable bonds is 2. The molecule has 0 aliphatic heterocycles. The van der Waals surface area contributed by atoms with Crippen molar-refractivity contribution >= 4 is 27.0 Å². The zero-order chi connectivity index (χ0) is 10.1. The first-order valence-corrected chi connectivity index (χ1v) is 5.13. The average Bonchev–Trinajstić information content (AvgIpc) is 2.45.